The fourth-order valence-electron chi connectivity index (χ4n) is 1.90. The Labute approximate surface area is 127 Å². The van der Waals surface area contributed by atoms with Crippen molar-refractivity contribution >= 4 is 15.9 Å². The number of nitrogens with one attached hydrogen (secondary N) is 1. The van der Waals surface area contributed by atoms with E-state index < -0.39 is 0 Å². The Morgan fingerprint density at radius 3 is 2.70 bits per heavy atom. The van der Waals surface area contributed by atoms with Gasteiger partial charge in [0.15, 0.2) is 0 Å². The second kappa shape index (κ2) is 6.86. The van der Waals surface area contributed by atoms with Crippen LogP contribution in [0.3, 0.4) is 0 Å². The van der Waals surface area contributed by atoms with E-state index in [1.165, 1.54) is 6.07 Å². The van der Waals surface area contributed by atoms with E-state index in [0.717, 1.165) is 22.3 Å². The molecule has 0 bridgehead atoms. The number of hydrogen-bond donors (Lipinski definition) is 1. The summed E-state index contributed by atoms with van der Waals surface area (Å²) in [5.41, 5.74) is 1.55. The van der Waals surface area contributed by atoms with Crippen LogP contribution < -0.4 is 10.1 Å². The number of hydrogen-bond acceptors (Lipinski definition) is 2. The van der Waals surface area contributed by atoms with E-state index in [4.69, 9.17) is 4.74 Å². The zero-order chi connectivity index (χ0) is 14.5. The minimum Gasteiger partial charge on any atom is -0.457 e. The molecule has 0 spiro atoms. The first-order valence-electron chi connectivity index (χ1n) is 6.54. The first kappa shape index (κ1) is 15.0. The fourth-order valence-corrected chi connectivity index (χ4v) is 2.38. The summed E-state index contributed by atoms with van der Waals surface area (Å²) in [7, 11) is 0. The third-order valence-electron chi connectivity index (χ3n) is 2.98. The molecule has 106 valence electrons. The SMILES string of the molecule is CCNCc1c(F)cccc1Oc1ccc(Br)cc1C. The molecule has 0 radical (unpaired) electrons. The van der Waals surface area contributed by atoms with Crippen LogP contribution in [0.15, 0.2) is 40.9 Å². The van der Waals surface area contributed by atoms with Gasteiger partial charge < -0.3 is 10.1 Å². The summed E-state index contributed by atoms with van der Waals surface area (Å²) in [5.74, 6) is 1.03. The van der Waals surface area contributed by atoms with Crippen molar-refractivity contribution in [1.29, 1.82) is 0 Å². The molecule has 0 aromatic heterocycles. The van der Waals surface area contributed by atoms with Gasteiger partial charge in [-0.05, 0) is 49.4 Å². The van der Waals surface area contributed by atoms with Crippen LogP contribution in [-0.2, 0) is 6.54 Å². The standard InChI is InChI=1S/C16H17BrFNO/c1-3-19-10-13-14(18)5-4-6-16(13)20-15-8-7-12(17)9-11(15)2/h4-9,19H,3,10H2,1-2H3. The van der Waals surface area contributed by atoms with Crippen molar-refractivity contribution in [3.05, 3.63) is 57.8 Å². The molecule has 0 atom stereocenters. The zero-order valence-electron chi connectivity index (χ0n) is 11.5. The second-order valence-corrected chi connectivity index (χ2v) is 5.42. The minimum absolute atomic E-state index is 0.252. The highest BCUT2D eigenvalue weighted by molar-refractivity contribution is 9.10. The van der Waals surface area contributed by atoms with Crippen molar-refractivity contribution in [3.8, 4) is 11.5 Å². The smallest absolute Gasteiger partial charge is 0.134 e. The quantitative estimate of drug-likeness (QED) is 0.846. The summed E-state index contributed by atoms with van der Waals surface area (Å²) >= 11 is 3.42. The van der Waals surface area contributed by atoms with E-state index >= 15 is 0 Å². The predicted octanol–water partition coefficient (Wildman–Crippen LogP) is 4.80. The highest BCUT2D eigenvalue weighted by Gasteiger charge is 2.11. The third kappa shape index (κ3) is 3.58. The molecule has 0 heterocycles. The molecular formula is C16H17BrFNO. The molecule has 2 aromatic carbocycles. The maximum atomic E-state index is 13.9. The largest absolute Gasteiger partial charge is 0.457 e. The van der Waals surface area contributed by atoms with Crippen molar-refractivity contribution in [2.24, 2.45) is 0 Å². The highest BCUT2D eigenvalue weighted by Crippen LogP contribution is 2.30. The van der Waals surface area contributed by atoms with Crippen LogP contribution in [0, 0.1) is 12.7 Å². The Balaban J connectivity index is 2.30. The molecule has 2 nitrogen and oxygen atoms in total. The summed E-state index contributed by atoms with van der Waals surface area (Å²) in [6, 6.07) is 10.7. The molecule has 1 N–H and O–H groups in total. The van der Waals surface area contributed by atoms with Crippen LogP contribution >= 0.6 is 15.9 Å². The van der Waals surface area contributed by atoms with Crippen LogP contribution in [0.2, 0.25) is 0 Å². The van der Waals surface area contributed by atoms with Crippen molar-refractivity contribution in [2.75, 3.05) is 6.54 Å². The van der Waals surface area contributed by atoms with Gasteiger partial charge in [-0.15, -0.1) is 0 Å². The summed E-state index contributed by atoms with van der Waals surface area (Å²) in [6.07, 6.45) is 0. The van der Waals surface area contributed by atoms with Gasteiger partial charge in [-0.25, -0.2) is 4.39 Å². The highest BCUT2D eigenvalue weighted by atomic mass is 79.9. The Hall–Kier alpha value is -1.39. The van der Waals surface area contributed by atoms with E-state index in [2.05, 4.69) is 21.2 Å². The van der Waals surface area contributed by atoms with E-state index in [9.17, 15) is 4.39 Å². The predicted molar refractivity (Wildman–Crippen MR) is 82.7 cm³/mol. The molecule has 0 amide bonds. The van der Waals surface area contributed by atoms with E-state index in [1.54, 1.807) is 12.1 Å². The topological polar surface area (TPSA) is 21.3 Å². The maximum absolute atomic E-state index is 13.9. The molecule has 0 fully saturated rings. The third-order valence-corrected chi connectivity index (χ3v) is 3.48. The van der Waals surface area contributed by atoms with Crippen molar-refractivity contribution in [3.63, 3.8) is 0 Å². The van der Waals surface area contributed by atoms with E-state index in [1.807, 2.05) is 32.0 Å². The van der Waals surface area contributed by atoms with Gasteiger partial charge in [0, 0.05) is 16.6 Å². The second-order valence-electron chi connectivity index (χ2n) is 4.51. The summed E-state index contributed by atoms with van der Waals surface area (Å²) in [4.78, 5) is 0. The minimum atomic E-state index is -0.252. The van der Waals surface area contributed by atoms with Gasteiger partial charge in [0.25, 0.3) is 0 Å². The number of benzene rings is 2. The molecular weight excluding hydrogens is 321 g/mol. The summed E-state index contributed by atoms with van der Waals surface area (Å²) < 4.78 is 20.8. The molecule has 0 aliphatic heterocycles. The molecule has 2 rings (SSSR count). The van der Waals surface area contributed by atoms with Crippen molar-refractivity contribution < 1.29 is 9.13 Å². The Morgan fingerprint density at radius 2 is 2.00 bits per heavy atom. The molecule has 2 aromatic rings. The molecule has 20 heavy (non-hydrogen) atoms. The summed E-state index contributed by atoms with van der Waals surface area (Å²) in [6.45, 7) is 5.18. The molecule has 4 heteroatoms. The Kier molecular flexibility index (Phi) is 5.15. The van der Waals surface area contributed by atoms with E-state index in [0.29, 0.717) is 17.9 Å². The van der Waals surface area contributed by atoms with Gasteiger partial charge in [0.1, 0.15) is 17.3 Å². The lowest BCUT2D eigenvalue weighted by Gasteiger charge is -2.14. The van der Waals surface area contributed by atoms with Gasteiger partial charge in [0.2, 0.25) is 0 Å². The van der Waals surface area contributed by atoms with Crippen molar-refractivity contribution in [1.82, 2.24) is 5.32 Å². The van der Waals surface area contributed by atoms with Gasteiger partial charge in [-0.2, -0.15) is 0 Å². The van der Waals surface area contributed by atoms with Crippen LogP contribution in [0.1, 0.15) is 18.1 Å². The average Bonchev–Trinajstić information content (AvgIpc) is 2.41. The monoisotopic (exact) mass is 337 g/mol. The average molecular weight is 338 g/mol. The van der Waals surface area contributed by atoms with Gasteiger partial charge in [-0.3, -0.25) is 0 Å². The number of rotatable bonds is 5. The number of halogens is 2. The molecule has 0 aliphatic carbocycles. The van der Waals surface area contributed by atoms with Gasteiger partial charge in [-0.1, -0.05) is 28.9 Å². The van der Waals surface area contributed by atoms with Crippen LogP contribution in [0.4, 0.5) is 4.39 Å². The van der Waals surface area contributed by atoms with Gasteiger partial charge in [0.05, 0.1) is 0 Å². The maximum Gasteiger partial charge on any atom is 0.134 e. The molecule has 0 aliphatic rings. The molecule has 0 unspecified atom stereocenters. The molecule has 0 saturated heterocycles. The van der Waals surface area contributed by atoms with E-state index in [-0.39, 0.29) is 5.82 Å². The first-order valence-corrected chi connectivity index (χ1v) is 7.33. The normalized spacial score (nSPS) is 10.6. The lowest BCUT2D eigenvalue weighted by Crippen LogP contribution is -2.13. The fraction of sp³-hybridized carbons (Fsp3) is 0.250. The molecule has 0 saturated carbocycles. The van der Waals surface area contributed by atoms with Crippen molar-refractivity contribution in [2.45, 2.75) is 20.4 Å². The van der Waals surface area contributed by atoms with Crippen LogP contribution in [-0.4, -0.2) is 6.54 Å². The number of aryl methyl sites for hydroxylation is 1. The Morgan fingerprint density at radius 1 is 1.20 bits per heavy atom. The number of ether oxygens (including phenoxy) is 1. The zero-order valence-corrected chi connectivity index (χ0v) is 13.1. The van der Waals surface area contributed by atoms with Crippen LogP contribution in [0.5, 0.6) is 11.5 Å². The Bertz CT molecular complexity index is 601. The summed E-state index contributed by atoms with van der Waals surface area (Å²) in [5, 5.41) is 3.13. The van der Waals surface area contributed by atoms with Crippen LogP contribution in [0.25, 0.3) is 0 Å². The lowest BCUT2D eigenvalue weighted by atomic mass is 10.1. The first-order chi connectivity index (χ1) is 9.61. The lowest BCUT2D eigenvalue weighted by molar-refractivity contribution is 0.459. The van der Waals surface area contributed by atoms with Gasteiger partial charge >= 0.3 is 0 Å².